The van der Waals surface area contributed by atoms with Crippen molar-refractivity contribution in [2.24, 2.45) is 5.92 Å². The van der Waals surface area contributed by atoms with Crippen molar-refractivity contribution in [1.29, 1.82) is 0 Å². The number of halogens is 1. The molecule has 1 saturated carbocycles. The predicted molar refractivity (Wildman–Crippen MR) is 97.7 cm³/mol. The molecule has 3 amide bonds. The van der Waals surface area contributed by atoms with Crippen LogP contribution in [0.1, 0.15) is 32.1 Å². The highest BCUT2D eigenvalue weighted by atomic mass is 19.1. The minimum absolute atomic E-state index is 0.0747. The van der Waals surface area contributed by atoms with Crippen LogP contribution in [-0.4, -0.2) is 48.4 Å². The lowest BCUT2D eigenvalue weighted by Gasteiger charge is -2.36. The number of anilines is 1. The predicted octanol–water partition coefficient (Wildman–Crippen LogP) is 1.77. The summed E-state index contributed by atoms with van der Waals surface area (Å²) in [6.45, 7) is 0.319. The van der Waals surface area contributed by atoms with Gasteiger partial charge in [-0.1, -0.05) is 12.1 Å². The third-order valence-corrected chi connectivity index (χ3v) is 4.95. The summed E-state index contributed by atoms with van der Waals surface area (Å²) in [6, 6.07) is 5.01. The number of rotatable bonds is 7. The van der Waals surface area contributed by atoms with Crippen molar-refractivity contribution >= 4 is 17.6 Å². The molecule has 1 aromatic carbocycles. The molecule has 0 unspecified atom stereocenters. The summed E-state index contributed by atoms with van der Waals surface area (Å²) in [5.74, 6) is -0.225. The first-order chi connectivity index (χ1) is 13.1. The molecule has 0 bridgehead atoms. The van der Waals surface area contributed by atoms with E-state index in [0.29, 0.717) is 25.8 Å². The van der Waals surface area contributed by atoms with E-state index in [1.807, 2.05) is 0 Å². The number of amides is 3. The van der Waals surface area contributed by atoms with Crippen LogP contribution in [0.5, 0.6) is 0 Å². The van der Waals surface area contributed by atoms with Gasteiger partial charge in [0.15, 0.2) is 0 Å². The fourth-order valence-corrected chi connectivity index (χ4v) is 3.24. The average Bonchev–Trinajstić information content (AvgIpc) is 3.50. The number of aliphatic hydroxyl groups excluding tert-OH is 1. The van der Waals surface area contributed by atoms with Gasteiger partial charge in [0.05, 0.1) is 24.4 Å². The maximum absolute atomic E-state index is 13.6. The molecule has 1 aromatic rings. The zero-order valence-electron chi connectivity index (χ0n) is 15.1. The van der Waals surface area contributed by atoms with Gasteiger partial charge in [0, 0.05) is 12.5 Å². The number of hydrogen-bond donors (Lipinski definition) is 4. The molecule has 0 radical (unpaired) electrons. The summed E-state index contributed by atoms with van der Waals surface area (Å²) < 4.78 is 19.5. The quantitative estimate of drug-likeness (QED) is 0.580. The van der Waals surface area contributed by atoms with E-state index in [2.05, 4.69) is 16.0 Å². The lowest BCUT2D eigenvalue weighted by molar-refractivity contribution is -0.122. The fraction of sp³-hybridized carbons (Fsp3) is 0.579. The molecule has 148 valence electrons. The summed E-state index contributed by atoms with van der Waals surface area (Å²) in [6.07, 6.45) is 3.35. The second kappa shape index (κ2) is 9.14. The van der Waals surface area contributed by atoms with Gasteiger partial charge in [0.2, 0.25) is 5.91 Å². The SMILES string of the molecule is O=C(Nc1ccccc1F)N[C@H]1CC[C@H](CCNC(=O)C2CC2)O[C@@H]1CO. The van der Waals surface area contributed by atoms with E-state index in [-0.39, 0.29) is 36.3 Å². The summed E-state index contributed by atoms with van der Waals surface area (Å²) in [7, 11) is 0. The minimum atomic E-state index is -0.540. The van der Waals surface area contributed by atoms with Gasteiger partial charge < -0.3 is 25.8 Å². The van der Waals surface area contributed by atoms with Crippen LogP contribution < -0.4 is 16.0 Å². The molecular weight excluding hydrogens is 353 g/mol. The molecule has 2 aliphatic rings. The van der Waals surface area contributed by atoms with E-state index in [0.717, 1.165) is 12.8 Å². The van der Waals surface area contributed by atoms with E-state index in [1.54, 1.807) is 12.1 Å². The molecule has 1 saturated heterocycles. The molecule has 1 aliphatic heterocycles. The molecule has 4 N–H and O–H groups in total. The molecule has 7 nitrogen and oxygen atoms in total. The number of carbonyl (C=O) groups is 2. The van der Waals surface area contributed by atoms with Gasteiger partial charge in [-0.15, -0.1) is 0 Å². The van der Waals surface area contributed by atoms with E-state index in [1.165, 1.54) is 12.1 Å². The Morgan fingerprint density at radius 3 is 2.67 bits per heavy atom. The summed E-state index contributed by atoms with van der Waals surface area (Å²) in [5.41, 5.74) is 0.0940. The van der Waals surface area contributed by atoms with Crippen molar-refractivity contribution in [2.75, 3.05) is 18.5 Å². The lowest BCUT2D eigenvalue weighted by Crippen LogP contribution is -2.52. The van der Waals surface area contributed by atoms with Crippen molar-refractivity contribution < 1.29 is 23.8 Å². The van der Waals surface area contributed by atoms with Crippen molar-refractivity contribution in [3.63, 3.8) is 0 Å². The number of aliphatic hydroxyl groups is 1. The monoisotopic (exact) mass is 379 g/mol. The van der Waals surface area contributed by atoms with E-state index in [9.17, 15) is 19.1 Å². The first-order valence-electron chi connectivity index (χ1n) is 9.43. The van der Waals surface area contributed by atoms with Crippen LogP contribution in [0.25, 0.3) is 0 Å². The zero-order valence-corrected chi connectivity index (χ0v) is 15.1. The van der Waals surface area contributed by atoms with Crippen LogP contribution in [0.4, 0.5) is 14.9 Å². The Bertz CT molecular complexity index is 668. The number of urea groups is 1. The van der Waals surface area contributed by atoms with Crippen molar-refractivity contribution in [3.8, 4) is 0 Å². The fourth-order valence-electron chi connectivity index (χ4n) is 3.24. The number of benzene rings is 1. The number of para-hydroxylation sites is 1. The minimum Gasteiger partial charge on any atom is -0.394 e. The van der Waals surface area contributed by atoms with E-state index >= 15 is 0 Å². The molecule has 1 heterocycles. The third kappa shape index (κ3) is 5.64. The van der Waals surface area contributed by atoms with Gasteiger partial charge in [-0.2, -0.15) is 0 Å². The maximum Gasteiger partial charge on any atom is 0.319 e. The van der Waals surface area contributed by atoms with Gasteiger partial charge in [-0.25, -0.2) is 9.18 Å². The number of ether oxygens (including phenoxy) is 1. The third-order valence-electron chi connectivity index (χ3n) is 4.95. The first-order valence-corrected chi connectivity index (χ1v) is 9.43. The van der Waals surface area contributed by atoms with Crippen molar-refractivity contribution in [3.05, 3.63) is 30.1 Å². The molecular formula is C19H26FN3O4. The van der Waals surface area contributed by atoms with Gasteiger partial charge >= 0.3 is 6.03 Å². The Labute approximate surface area is 157 Å². The highest BCUT2D eigenvalue weighted by Gasteiger charge is 2.33. The molecule has 3 atom stereocenters. The van der Waals surface area contributed by atoms with Crippen LogP contribution in [0.3, 0.4) is 0 Å². The highest BCUT2D eigenvalue weighted by Crippen LogP contribution is 2.29. The Hall–Kier alpha value is -2.19. The topological polar surface area (TPSA) is 99.7 Å². The van der Waals surface area contributed by atoms with Crippen LogP contribution in [-0.2, 0) is 9.53 Å². The van der Waals surface area contributed by atoms with Crippen molar-refractivity contribution in [1.82, 2.24) is 10.6 Å². The van der Waals surface area contributed by atoms with E-state index < -0.39 is 18.0 Å². The molecule has 3 rings (SSSR count). The second-order valence-electron chi connectivity index (χ2n) is 7.10. The Morgan fingerprint density at radius 1 is 1.19 bits per heavy atom. The van der Waals surface area contributed by atoms with Gasteiger partial charge in [0.1, 0.15) is 11.9 Å². The largest absolute Gasteiger partial charge is 0.394 e. The van der Waals surface area contributed by atoms with Gasteiger partial charge in [0.25, 0.3) is 0 Å². The van der Waals surface area contributed by atoms with Crippen LogP contribution in [0, 0.1) is 11.7 Å². The van der Waals surface area contributed by atoms with Gasteiger partial charge in [-0.3, -0.25) is 4.79 Å². The highest BCUT2D eigenvalue weighted by molar-refractivity contribution is 5.89. The number of carbonyl (C=O) groups excluding carboxylic acids is 2. The summed E-state index contributed by atoms with van der Waals surface area (Å²) in [5, 5.41) is 17.7. The van der Waals surface area contributed by atoms with E-state index in [4.69, 9.17) is 4.74 Å². The standard InChI is InChI=1S/C19H26FN3O4/c20-14-3-1-2-4-15(14)22-19(26)23-16-8-7-13(27-17(16)11-24)9-10-21-18(25)12-5-6-12/h1-4,12-13,16-17,24H,5-11H2,(H,21,25)(H2,22,23,26)/t13-,16+,17-/m1/s1. The molecule has 27 heavy (non-hydrogen) atoms. The lowest BCUT2D eigenvalue weighted by atomic mass is 9.97. The smallest absolute Gasteiger partial charge is 0.319 e. The molecule has 0 aromatic heterocycles. The Balaban J connectivity index is 1.43. The van der Waals surface area contributed by atoms with Crippen LogP contribution in [0.15, 0.2) is 24.3 Å². The first kappa shape index (κ1) is 19.6. The molecule has 2 fully saturated rings. The maximum atomic E-state index is 13.6. The molecule has 0 spiro atoms. The number of hydrogen-bond acceptors (Lipinski definition) is 4. The number of nitrogens with one attached hydrogen (secondary N) is 3. The Morgan fingerprint density at radius 2 is 1.96 bits per heavy atom. The van der Waals surface area contributed by atoms with Crippen LogP contribution in [0.2, 0.25) is 0 Å². The van der Waals surface area contributed by atoms with Gasteiger partial charge in [-0.05, 0) is 44.2 Å². The summed E-state index contributed by atoms with van der Waals surface area (Å²) in [4.78, 5) is 23.8. The summed E-state index contributed by atoms with van der Waals surface area (Å²) >= 11 is 0. The van der Waals surface area contributed by atoms with Crippen molar-refractivity contribution in [2.45, 2.75) is 50.4 Å². The Kier molecular flexibility index (Phi) is 6.63. The zero-order chi connectivity index (χ0) is 19.2. The molecule has 1 aliphatic carbocycles. The second-order valence-corrected chi connectivity index (χ2v) is 7.10. The van der Waals surface area contributed by atoms with Crippen LogP contribution >= 0.6 is 0 Å². The molecule has 8 heteroatoms. The normalized spacial score (nSPS) is 24.9. The average molecular weight is 379 g/mol.